The van der Waals surface area contributed by atoms with Gasteiger partial charge in [-0.25, -0.2) is 4.79 Å². The monoisotopic (exact) mass is 301 g/mol. The molecule has 0 unspecified atom stereocenters. The summed E-state index contributed by atoms with van der Waals surface area (Å²) in [6.45, 7) is 5.66. The third kappa shape index (κ3) is 3.50. The Morgan fingerprint density at radius 1 is 1.45 bits per heavy atom. The van der Waals surface area contributed by atoms with E-state index in [0.717, 1.165) is 0 Å². The van der Waals surface area contributed by atoms with Crippen molar-refractivity contribution in [3.8, 4) is 0 Å². The van der Waals surface area contributed by atoms with Crippen molar-refractivity contribution in [2.24, 2.45) is 7.05 Å². The molecule has 0 fully saturated rings. The molecule has 2 N–H and O–H groups in total. The van der Waals surface area contributed by atoms with Crippen LogP contribution in [0, 0.1) is 0 Å². The molecule has 20 heavy (non-hydrogen) atoms. The third-order valence-corrected chi connectivity index (χ3v) is 3.39. The highest BCUT2D eigenvalue weighted by molar-refractivity contribution is 6.33. The van der Waals surface area contributed by atoms with Crippen LogP contribution < -0.4 is 5.32 Å². The van der Waals surface area contributed by atoms with Crippen LogP contribution in [0.4, 0.5) is 0 Å². The van der Waals surface area contributed by atoms with Gasteiger partial charge >= 0.3 is 5.97 Å². The van der Waals surface area contributed by atoms with Crippen molar-refractivity contribution >= 4 is 23.5 Å². The molecule has 0 aliphatic carbocycles. The highest BCUT2D eigenvalue weighted by Gasteiger charge is 2.27. The van der Waals surface area contributed by atoms with Gasteiger partial charge in [0, 0.05) is 7.05 Å². The lowest BCUT2D eigenvalue weighted by atomic mass is 10.1. The van der Waals surface area contributed by atoms with E-state index in [-0.39, 0.29) is 16.6 Å². The Hall–Kier alpha value is -1.56. The van der Waals surface area contributed by atoms with Crippen molar-refractivity contribution in [3.63, 3.8) is 0 Å². The van der Waals surface area contributed by atoms with Crippen LogP contribution in [0.5, 0.6) is 0 Å². The third-order valence-electron chi connectivity index (χ3n) is 2.96. The summed E-state index contributed by atoms with van der Waals surface area (Å²) in [7, 11) is 1.64. The molecule has 0 saturated carbocycles. The number of carbonyl (C=O) groups excluding carboxylic acids is 1. The van der Waals surface area contributed by atoms with E-state index < -0.39 is 17.9 Å². The molecule has 1 heterocycles. The summed E-state index contributed by atoms with van der Waals surface area (Å²) in [6, 6.07) is -0.913. The van der Waals surface area contributed by atoms with Gasteiger partial charge in [0.25, 0.3) is 5.91 Å². The second kappa shape index (κ2) is 6.74. The van der Waals surface area contributed by atoms with Gasteiger partial charge in [0.2, 0.25) is 0 Å². The number of hydrogen-bond acceptors (Lipinski definition) is 3. The Morgan fingerprint density at radius 3 is 2.50 bits per heavy atom. The van der Waals surface area contributed by atoms with E-state index in [1.165, 1.54) is 4.68 Å². The van der Waals surface area contributed by atoms with Crippen molar-refractivity contribution in [2.75, 3.05) is 0 Å². The van der Waals surface area contributed by atoms with Crippen molar-refractivity contribution in [3.05, 3.63) is 16.4 Å². The van der Waals surface area contributed by atoms with Crippen molar-refractivity contribution in [1.82, 2.24) is 15.1 Å². The Balaban J connectivity index is 3.05. The number of amides is 1. The summed E-state index contributed by atoms with van der Waals surface area (Å²) in [5.74, 6) is -1.53. The molecule has 6 nitrogen and oxygen atoms in total. The average Bonchev–Trinajstić information content (AvgIpc) is 2.65. The van der Waals surface area contributed by atoms with E-state index in [0.29, 0.717) is 18.5 Å². The molecule has 1 amide bonds. The lowest BCUT2D eigenvalue weighted by molar-refractivity contribution is -0.139. The predicted molar refractivity (Wildman–Crippen MR) is 76.1 cm³/mol. The lowest BCUT2D eigenvalue weighted by Gasteiger charge is -2.14. The maximum absolute atomic E-state index is 12.3. The number of carbonyl (C=O) groups is 2. The van der Waals surface area contributed by atoms with Crippen molar-refractivity contribution in [1.29, 1.82) is 0 Å². The van der Waals surface area contributed by atoms with Crippen LogP contribution in [0.3, 0.4) is 0 Å². The largest absolute Gasteiger partial charge is 0.480 e. The molecule has 0 aliphatic heterocycles. The van der Waals surface area contributed by atoms with Crippen LogP contribution in [0.2, 0.25) is 5.15 Å². The fraction of sp³-hybridized carbons (Fsp3) is 0.615. The van der Waals surface area contributed by atoms with Gasteiger partial charge in [-0.05, 0) is 12.3 Å². The molecule has 0 saturated heterocycles. The van der Waals surface area contributed by atoms with Crippen LogP contribution in [0.1, 0.15) is 55.6 Å². The molecule has 1 rings (SSSR count). The SMILES string of the molecule is CCC[C@@H](NC(=O)c1c(C(C)C)nn(C)c1Cl)C(=O)O. The Kier molecular flexibility index (Phi) is 5.56. The van der Waals surface area contributed by atoms with Gasteiger partial charge in [-0.1, -0.05) is 38.8 Å². The summed E-state index contributed by atoms with van der Waals surface area (Å²) in [6.07, 6.45) is 1.03. The van der Waals surface area contributed by atoms with Crippen molar-refractivity contribution in [2.45, 2.75) is 45.6 Å². The summed E-state index contributed by atoms with van der Waals surface area (Å²) in [5, 5.41) is 16.0. The molecule has 0 radical (unpaired) electrons. The van der Waals surface area contributed by atoms with Crippen LogP contribution in [-0.4, -0.2) is 32.8 Å². The fourth-order valence-corrected chi connectivity index (χ4v) is 2.13. The van der Waals surface area contributed by atoms with E-state index in [1.54, 1.807) is 7.05 Å². The minimum atomic E-state index is -1.05. The highest BCUT2D eigenvalue weighted by Crippen LogP contribution is 2.25. The molecular formula is C13H20ClN3O3. The van der Waals surface area contributed by atoms with Gasteiger partial charge < -0.3 is 10.4 Å². The van der Waals surface area contributed by atoms with Crippen molar-refractivity contribution < 1.29 is 14.7 Å². The molecule has 0 aliphatic rings. The minimum absolute atomic E-state index is 0.0175. The topological polar surface area (TPSA) is 84.2 Å². The lowest BCUT2D eigenvalue weighted by Crippen LogP contribution is -2.41. The number of carboxylic acids is 1. The number of aryl methyl sites for hydroxylation is 1. The summed E-state index contributed by atoms with van der Waals surface area (Å²) < 4.78 is 1.42. The first kappa shape index (κ1) is 16.5. The van der Waals surface area contributed by atoms with Gasteiger partial charge in [-0.2, -0.15) is 5.10 Å². The number of nitrogens with one attached hydrogen (secondary N) is 1. The molecule has 1 aromatic rings. The minimum Gasteiger partial charge on any atom is -0.480 e. The van der Waals surface area contributed by atoms with E-state index in [1.807, 2.05) is 20.8 Å². The number of nitrogens with zero attached hydrogens (tertiary/aromatic N) is 2. The summed E-state index contributed by atoms with van der Waals surface area (Å²) in [5.41, 5.74) is 0.821. The first-order valence-electron chi connectivity index (χ1n) is 6.55. The first-order valence-corrected chi connectivity index (χ1v) is 6.93. The predicted octanol–water partition coefficient (Wildman–Crippen LogP) is 2.18. The highest BCUT2D eigenvalue weighted by atomic mass is 35.5. The van der Waals surface area contributed by atoms with E-state index >= 15 is 0 Å². The molecule has 1 aromatic heterocycles. The zero-order valence-electron chi connectivity index (χ0n) is 12.1. The number of halogens is 1. The maximum atomic E-state index is 12.3. The second-order valence-electron chi connectivity index (χ2n) is 4.98. The summed E-state index contributed by atoms with van der Waals surface area (Å²) >= 11 is 6.09. The van der Waals surface area contributed by atoms with Gasteiger partial charge in [-0.15, -0.1) is 0 Å². The number of aliphatic carboxylic acids is 1. The first-order chi connectivity index (χ1) is 9.29. The van der Waals surface area contributed by atoms with Crippen LogP contribution >= 0.6 is 11.6 Å². The number of hydrogen-bond donors (Lipinski definition) is 2. The van der Waals surface area contributed by atoms with Crippen LogP contribution in [0.15, 0.2) is 0 Å². The van der Waals surface area contributed by atoms with Gasteiger partial charge in [-0.3, -0.25) is 9.48 Å². The smallest absolute Gasteiger partial charge is 0.326 e. The van der Waals surface area contributed by atoms with Crippen LogP contribution in [0.25, 0.3) is 0 Å². The second-order valence-corrected chi connectivity index (χ2v) is 5.34. The summed E-state index contributed by atoms with van der Waals surface area (Å²) in [4.78, 5) is 23.4. The van der Waals surface area contributed by atoms with Gasteiger partial charge in [0.1, 0.15) is 11.2 Å². The van der Waals surface area contributed by atoms with E-state index in [2.05, 4.69) is 10.4 Å². The fourth-order valence-electron chi connectivity index (χ4n) is 1.91. The number of rotatable bonds is 6. The average molecular weight is 302 g/mol. The normalized spacial score (nSPS) is 12.5. The van der Waals surface area contributed by atoms with Crippen LogP contribution in [-0.2, 0) is 11.8 Å². The van der Waals surface area contributed by atoms with Gasteiger partial charge in [0.15, 0.2) is 0 Å². The Morgan fingerprint density at radius 2 is 2.05 bits per heavy atom. The number of carboxylic acid groups (broad SMARTS) is 1. The molecular weight excluding hydrogens is 282 g/mol. The quantitative estimate of drug-likeness (QED) is 0.843. The van der Waals surface area contributed by atoms with E-state index in [9.17, 15) is 9.59 Å². The molecule has 1 atom stereocenters. The maximum Gasteiger partial charge on any atom is 0.326 e. The zero-order valence-corrected chi connectivity index (χ0v) is 12.9. The van der Waals surface area contributed by atoms with Gasteiger partial charge in [0.05, 0.1) is 11.3 Å². The Bertz CT molecular complexity index is 511. The molecule has 112 valence electrons. The Labute approximate surface area is 123 Å². The number of aromatic nitrogens is 2. The van der Waals surface area contributed by atoms with E-state index in [4.69, 9.17) is 16.7 Å². The molecule has 0 aromatic carbocycles. The molecule has 0 bridgehead atoms. The zero-order chi connectivity index (χ0) is 15.4. The molecule has 7 heteroatoms. The standard InChI is InChI=1S/C13H20ClN3O3/c1-5-6-8(13(19)20)15-12(18)9-10(7(2)3)16-17(4)11(9)14/h7-8H,5-6H2,1-4H3,(H,15,18)(H,19,20)/t8-/m1/s1. The molecule has 0 spiro atoms.